The van der Waals surface area contributed by atoms with E-state index in [4.69, 9.17) is 0 Å². The first-order valence-corrected chi connectivity index (χ1v) is 6.19. The predicted molar refractivity (Wildman–Crippen MR) is 65.3 cm³/mol. The largest absolute Gasteiger partial charge is 0.331 e. The number of aromatic nitrogens is 6. The first-order chi connectivity index (χ1) is 9.13. The van der Waals surface area contributed by atoms with Gasteiger partial charge in [-0.05, 0) is 19.8 Å². The molecule has 1 amide bonds. The predicted octanol–water partition coefficient (Wildman–Crippen LogP) is 0.381. The van der Waals surface area contributed by atoms with Gasteiger partial charge < -0.3 is 4.90 Å². The van der Waals surface area contributed by atoms with Crippen LogP contribution in [0.3, 0.4) is 0 Å². The number of nitrogens with zero attached hydrogens (tertiary/aromatic N) is 5. The Morgan fingerprint density at radius 3 is 2.74 bits per heavy atom. The van der Waals surface area contributed by atoms with Crippen LogP contribution in [0.4, 0.5) is 0 Å². The molecule has 0 spiro atoms. The number of nitrogens with one attached hydrogen (secondary N) is 2. The number of carbonyl (C=O) groups is 1. The maximum absolute atomic E-state index is 12.1. The van der Waals surface area contributed by atoms with E-state index in [-0.39, 0.29) is 11.7 Å². The van der Waals surface area contributed by atoms with Crippen molar-refractivity contribution in [3.05, 3.63) is 23.3 Å². The van der Waals surface area contributed by atoms with Crippen molar-refractivity contribution >= 4 is 5.91 Å². The molecule has 19 heavy (non-hydrogen) atoms. The summed E-state index contributed by atoms with van der Waals surface area (Å²) < 4.78 is 0. The Kier molecular flexibility index (Phi) is 2.77. The maximum atomic E-state index is 12.1. The Hall–Kier alpha value is -2.25. The van der Waals surface area contributed by atoms with Crippen molar-refractivity contribution in [1.82, 2.24) is 35.3 Å². The molecular formula is C11H15N7O. The highest BCUT2D eigenvalue weighted by Crippen LogP contribution is 2.37. The minimum Gasteiger partial charge on any atom is -0.331 e. The summed E-state index contributed by atoms with van der Waals surface area (Å²) in [5.41, 5.74) is 0. The third-order valence-electron chi connectivity index (χ3n) is 3.03. The van der Waals surface area contributed by atoms with Crippen molar-refractivity contribution in [2.24, 2.45) is 0 Å². The molecule has 0 aliphatic heterocycles. The fourth-order valence-corrected chi connectivity index (χ4v) is 1.82. The van der Waals surface area contributed by atoms with Crippen LogP contribution in [-0.2, 0) is 6.54 Å². The number of aromatic amines is 2. The minimum atomic E-state index is -0.231. The van der Waals surface area contributed by atoms with Crippen LogP contribution in [0.1, 0.15) is 46.9 Å². The number of aryl methyl sites for hydroxylation is 1. The van der Waals surface area contributed by atoms with Gasteiger partial charge in [-0.15, -0.1) is 5.10 Å². The fourth-order valence-electron chi connectivity index (χ4n) is 1.82. The van der Waals surface area contributed by atoms with Crippen molar-refractivity contribution in [2.75, 3.05) is 7.05 Å². The third-order valence-corrected chi connectivity index (χ3v) is 3.03. The lowest BCUT2D eigenvalue weighted by atomic mass is 10.4. The number of hydrogen-bond acceptors (Lipinski definition) is 5. The van der Waals surface area contributed by atoms with E-state index in [0.29, 0.717) is 18.3 Å². The molecular weight excluding hydrogens is 246 g/mol. The van der Waals surface area contributed by atoms with E-state index in [1.54, 1.807) is 7.05 Å². The molecule has 2 N–H and O–H groups in total. The van der Waals surface area contributed by atoms with Crippen LogP contribution < -0.4 is 0 Å². The number of H-pyrrole nitrogens is 2. The molecule has 8 nitrogen and oxygen atoms in total. The zero-order valence-electron chi connectivity index (χ0n) is 10.8. The summed E-state index contributed by atoms with van der Waals surface area (Å²) >= 11 is 0. The van der Waals surface area contributed by atoms with Crippen LogP contribution in [0.25, 0.3) is 0 Å². The molecule has 1 aliphatic carbocycles. The van der Waals surface area contributed by atoms with Gasteiger partial charge in [-0.25, -0.2) is 9.97 Å². The molecule has 0 unspecified atom stereocenters. The van der Waals surface area contributed by atoms with Gasteiger partial charge in [0.1, 0.15) is 11.6 Å². The Morgan fingerprint density at radius 1 is 1.32 bits per heavy atom. The average molecular weight is 261 g/mol. The van der Waals surface area contributed by atoms with Crippen molar-refractivity contribution in [3.8, 4) is 0 Å². The average Bonchev–Trinajstić information content (AvgIpc) is 2.98. The van der Waals surface area contributed by atoms with Gasteiger partial charge in [0.2, 0.25) is 5.82 Å². The van der Waals surface area contributed by atoms with E-state index < -0.39 is 0 Å². The molecule has 2 aromatic rings. The van der Waals surface area contributed by atoms with Crippen LogP contribution in [-0.4, -0.2) is 48.2 Å². The monoisotopic (exact) mass is 261 g/mol. The summed E-state index contributed by atoms with van der Waals surface area (Å²) in [6.07, 6.45) is 2.24. The van der Waals surface area contributed by atoms with Gasteiger partial charge in [-0.3, -0.25) is 15.0 Å². The normalized spacial score (nSPS) is 14.6. The van der Waals surface area contributed by atoms with Gasteiger partial charge in [0.25, 0.3) is 5.91 Å². The standard InChI is InChI=1S/C11H15N7O/c1-6-12-8(15-14-6)5-18(2)11(19)10-13-9(16-17-10)7-3-4-7/h7H,3-5H2,1-2H3,(H,12,14,15)(H,13,16,17). The van der Waals surface area contributed by atoms with Crippen LogP contribution in [0.2, 0.25) is 0 Å². The van der Waals surface area contributed by atoms with E-state index in [0.717, 1.165) is 24.5 Å². The maximum Gasteiger partial charge on any atom is 0.293 e. The molecule has 8 heteroatoms. The lowest BCUT2D eigenvalue weighted by Gasteiger charge is -2.12. The summed E-state index contributed by atoms with van der Waals surface area (Å²) in [4.78, 5) is 22.0. The Bertz CT molecular complexity index is 598. The van der Waals surface area contributed by atoms with Crippen LogP contribution in [0.5, 0.6) is 0 Å². The fraction of sp³-hybridized carbons (Fsp3) is 0.545. The van der Waals surface area contributed by atoms with Gasteiger partial charge in [0, 0.05) is 13.0 Å². The van der Waals surface area contributed by atoms with Gasteiger partial charge in [0.05, 0.1) is 6.54 Å². The number of hydrogen-bond donors (Lipinski definition) is 2. The summed E-state index contributed by atoms with van der Waals surface area (Å²) in [6.45, 7) is 2.14. The number of carbonyl (C=O) groups excluding carboxylic acids is 1. The van der Waals surface area contributed by atoms with Crippen molar-refractivity contribution < 1.29 is 4.79 Å². The van der Waals surface area contributed by atoms with E-state index in [1.807, 2.05) is 6.92 Å². The van der Waals surface area contributed by atoms with E-state index in [1.165, 1.54) is 4.90 Å². The second-order valence-corrected chi connectivity index (χ2v) is 4.82. The zero-order chi connectivity index (χ0) is 13.4. The lowest BCUT2D eigenvalue weighted by molar-refractivity contribution is 0.0770. The Labute approximate surface area is 109 Å². The summed E-state index contributed by atoms with van der Waals surface area (Å²) in [7, 11) is 1.68. The van der Waals surface area contributed by atoms with E-state index in [9.17, 15) is 4.79 Å². The third kappa shape index (κ3) is 2.47. The van der Waals surface area contributed by atoms with Gasteiger partial charge in [-0.2, -0.15) is 5.10 Å². The molecule has 0 saturated heterocycles. The first kappa shape index (κ1) is 11.8. The highest BCUT2D eigenvalue weighted by atomic mass is 16.2. The summed E-state index contributed by atoms with van der Waals surface area (Å²) in [6, 6.07) is 0. The van der Waals surface area contributed by atoms with Gasteiger partial charge in [-0.1, -0.05) is 0 Å². The van der Waals surface area contributed by atoms with E-state index in [2.05, 4.69) is 30.4 Å². The number of amides is 1. The SMILES string of the molecule is Cc1nc(CN(C)C(=O)c2n[nH]c(C3CC3)n2)n[nH]1. The van der Waals surface area contributed by atoms with Crippen LogP contribution in [0, 0.1) is 6.92 Å². The van der Waals surface area contributed by atoms with Crippen LogP contribution in [0.15, 0.2) is 0 Å². The summed E-state index contributed by atoms with van der Waals surface area (Å²) in [5.74, 6) is 2.54. The molecule has 2 aromatic heterocycles. The van der Waals surface area contributed by atoms with Crippen molar-refractivity contribution in [1.29, 1.82) is 0 Å². The molecule has 1 fully saturated rings. The Morgan fingerprint density at radius 2 is 2.11 bits per heavy atom. The van der Waals surface area contributed by atoms with Gasteiger partial charge >= 0.3 is 0 Å². The molecule has 0 atom stereocenters. The highest BCUT2D eigenvalue weighted by molar-refractivity contribution is 5.90. The van der Waals surface area contributed by atoms with Crippen molar-refractivity contribution in [2.45, 2.75) is 32.2 Å². The van der Waals surface area contributed by atoms with E-state index >= 15 is 0 Å². The zero-order valence-corrected chi connectivity index (χ0v) is 10.8. The molecule has 0 bridgehead atoms. The van der Waals surface area contributed by atoms with Crippen LogP contribution >= 0.6 is 0 Å². The highest BCUT2D eigenvalue weighted by Gasteiger charge is 2.28. The molecule has 3 rings (SSSR count). The molecule has 100 valence electrons. The quantitative estimate of drug-likeness (QED) is 0.828. The summed E-state index contributed by atoms with van der Waals surface area (Å²) in [5, 5.41) is 13.5. The molecule has 1 saturated carbocycles. The Balaban J connectivity index is 1.67. The second-order valence-electron chi connectivity index (χ2n) is 4.82. The van der Waals surface area contributed by atoms with Gasteiger partial charge in [0.15, 0.2) is 5.82 Å². The number of rotatable bonds is 4. The topological polar surface area (TPSA) is 103 Å². The lowest BCUT2D eigenvalue weighted by Crippen LogP contribution is -2.27. The first-order valence-electron chi connectivity index (χ1n) is 6.19. The molecule has 0 radical (unpaired) electrons. The van der Waals surface area contributed by atoms with Crippen molar-refractivity contribution in [3.63, 3.8) is 0 Å². The second kappa shape index (κ2) is 4.45. The molecule has 0 aromatic carbocycles. The molecule has 1 aliphatic rings. The molecule has 2 heterocycles. The minimum absolute atomic E-state index is 0.205. The smallest absolute Gasteiger partial charge is 0.293 e.